The first-order chi connectivity index (χ1) is 12.4. The summed E-state index contributed by atoms with van der Waals surface area (Å²) in [6.45, 7) is 2.85. The highest BCUT2D eigenvalue weighted by molar-refractivity contribution is 7.09. The minimum Gasteiger partial charge on any atom is -0.335 e. The third-order valence-electron chi connectivity index (χ3n) is 3.69. The van der Waals surface area contributed by atoms with Gasteiger partial charge in [-0.15, -0.1) is 11.3 Å². The normalized spacial score (nSPS) is 10.8. The zero-order chi connectivity index (χ0) is 19.1. The molecular weight excluding hydrogens is 372 g/mol. The minimum atomic E-state index is -0.288. The highest BCUT2D eigenvalue weighted by atomic mass is 35.5. The summed E-state index contributed by atoms with van der Waals surface area (Å²) >= 11 is 7.65. The highest BCUT2D eigenvalue weighted by Gasteiger charge is 2.16. The van der Waals surface area contributed by atoms with Gasteiger partial charge in [0.1, 0.15) is 0 Å². The first-order valence-corrected chi connectivity index (χ1v) is 9.55. The van der Waals surface area contributed by atoms with Crippen LogP contribution in [-0.4, -0.2) is 53.8 Å². The maximum absolute atomic E-state index is 12.3. The molecule has 0 saturated heterocycles. The first-order valence-electron chi connectivity index (χ1n) is 8.29. The van der Waals surface area contributed by atoms with Crippen molar-refractivity contribution in [3.63, 3.8) is 0 Å². The second-order valence-electron chi connectivity index (χ2n) is 6.04. The van der Waals surface area contributed by atoms with Crippen molar-refractivity contribution in [2.75, 3.05) is 32.5 Å². The lowest BCUT2D eigenvalue weighted by Gasteiger charge is -2.21. The number of hydrogen-bond donors (Lipinski definition) is 1. The molecule has 0 fully saturated rings. The number of aryl methyl sites for hydroxylation is 1. The number of thiazole rings is 1. The summed E-state index contributed by atoms with van der Waals surface area (Å²) in [7, 11) is 3.47. The summed E-state index contributed by atoms with van der Waals surface area (Å²) in [6.07, 6.45) is 0.913. The predicted octanol–water partition coefficient (Wildman–Crippen LogP) is 2.89. The average Bonchev–Trinajstić information content (AvgIpc) is 3.04. The van der Waals surface area contributed by atoms with Gasteiger partial charge >= 0.3 is 0 Å². The zero-order valence-corrected chi connectivity index (χ0v) is 16.7. The number of hydrogen-bond acceptors (Lipinski definition) is 5. The molecular formula is C18H23ClN4O2S. The molecule has 0 atom stereocenters. The minimum absolute atomic E-state index is 0.0332. The number of likely N-dealkylation sites (N-methyl/N-ethyl adjacent to an activating group) is 2. The van der Waals surface area contributed by atoms with Gasteiger partial charge in [0.05, 0.1) is 34.5 Å². The second kappa shape index (κ2) is 9.66. The number of para-hydroxylation sites is 1. The SMILES string of the molecule is CCc1nc(CN(C)CC(=O)N(C)CC(=O)Nc2ccccc2Cl)cs1. The Hall–Kier alpha value is -1.96. The Morgan fingerprint density at radius 1 is 1.23 bits per heavy atom. The number of nitrogens with zero attached hydrogens (tertiary/aromatic N) is 3. The molecule has 0 unspecified atom stereocenters. The molecule has 1 heterocycles. The van der Waals surface area contributed by atoms with Crippen LogP contribution in [0.1, 0.15) is 17.6 Å². The number of anilines is 1. The molecule has 0 radical (unpaired) electrons. The van der Waals surface area contributed by atoms with Crippen molar-refractivity contribution in [2.45, 2.75) is 19.9 Å². The van der Waals surface area contributed by atoms with E-state index in [1.165, 1.54) is 4.90 Å². The molecule has 1 aromatic carbocycles. The molecule has 0 bridgehead atoms. The molecule has 1 aromatic heterocycles. The van der Waals surface area contributed by atoms with Gasteiger partial charge in [-0.2, -0.15) is 0 Å². The van der Waals surface area contributed by atoms with Crippen molar-refractivity contribution in [3.8, 4) is 0 Å². The summed E-state index contributed by atoms with van der Waals surface area (Å²) in [5.74, 6) is -0.420. The summed E-state index contributed by atoms with van der Waals surface area (Å²) in [6, 6.07) is 6.99. The lowest BCUT2D eigenvalue weighted by Crippen LogP contribution is -2.40. The monoisotopic (exact) mass is 394 g/mol. The van der Waals surface area contributed by atoms with Crippen LogP contribution >= 0.6 is 22.9 Å². The van der Waals surface area contributed by atoms with Crippen molar-refractivity contribution < 1.29 is 9.59 Å². The van der Waals surface area contributed by atoms with Gasteiger partial charge in [-0.05, 0) is 25.6 Å². The van der Waals surface area contributed by atoms with Gasteiger partial charge in [0.2, 0.25) is 11.8 Å². The van der Waals surface area contributed by atoms with E-state index in [2.05, 4.69) is 17.2 Å². The van der Waals surface area contributed by atoms with E-state index in [1.54, 1.807) is 42.6 Å². The molecule has 2 aromatic rings. The lowest BCUT2D eigenvalue weighted by atomic mass is 10.3. The van der Waals surface area contributed by atoms with E-state index in [9.17, 15) is 9.59 Å². The third kappa shape index (κ3) is 6.09. The van der Waals surface area contributed by atoms with Gasteiger partial charge in [0.25, 0.3) is 0 Å². The Bertz CT molecular complexity index is 765. The standard InChI is InChI=1S/C18H23ClN4O2S/c1-4-17-20-13(12-26-17)9-22(2)11-18(25)23(3)10-16(24)21-15-8-6-5-7-14(15)19/h5-8,12H,4,9-11H2,1-3H3,(H,21,24). The molecule has 8 heteroatoms. The van der Waals surface area contributed by atoms with Crippen LogP contribution in [0.15, 0.2) is 29.6 Å². The number of carbonyl (C=O) groups is 2. The Kier molecular flexibility index (Phi) is 7.56. The van der Waals surface area contributed by atoms with Crippen LogP contribution in [0.4, 0.5) is 5.69 Å². The van der Waals surface area contributed by atoms with Crippen molar-refractivity contribution >= 4 is 40.4 Å². The van der Waals surface area contributed by atoms with E-state index < -0.39 is 0 Å². The van der Waals surface area contributed by atoms with Crippen LogP contribution in [0.2, 0.25) is 5.02 Å². The van der Waals surface area contributed by atoms with Crippen LogP contribution in [0.3, 0.4) is 0 Å². The number of carbonyl (C=O) groups excluding carboxylic acids is 2. The number of nitrogens with one attached hydrogen (secondary N) is 1. The topological polar surface area (TPSA) is 65.5 Å². The summed E-state index contributed by atoms with van der Waals surface area (Å²) in [5, 5.41) is 6.28. The molecule has 0 spiro atoms. The lowest BCUT2D eigenvalue weighted by molar-refractivity contribution is -0.134. The molecule has 140 valence electrons. The van der Waals surface area contributed by atoms with Crippen molar-refractivity contribution in [1.82, 2.24) is 14.8 Å². The molecule has 0 aliphatic heterocycles. The second-order valence-corrected chi connectivity index (χ2v) is 7.39. The Balaban J connectivity index is 1.80. The number of rotatable bonds is 8. The van der Waals surface area contributed by atoms with E-state index in [0.717, 1.165) is 17.1 Å². The predicted molar refractivity (Wildman–Crippen MR) is 106 cm³/mol. The quantitative estimate of drug-likeness (QED) is 0.747. The van der Waals surface area contributed by atoms with E-state index in [4.69, 9.17) is 11.6 Å². The van der Waals surface area contributed by atoms with Crippen molar-refractivity contribution in [3.05, 3.63) is 45.4 Å². The van der Waals surface area contributed by atoms with Gasteiger partial charge in [0, 0.05) is 19.0 Å². The first kappa shape index (κ1) is 20.4. The van der Waals surface area contributed by atoms with E-state index in [0.29, 0.717) is 17.3 Å². The van der Waals surface area contributed by atoms with Crippen LogP contribution < -0.4 is 5.32 Å². The summed E-state index contributed by atoms with van der Waals surface area (Å²) in [4.78, 5) is 32.2. The molecule has 0 saturated carbocycles. The molecule has 2 amide bonds. The summed E-state index contributed by atoms with van der Waals surface area (Å²) < 4.78 is 0. The maximum Gasteiger partial charge on any atom is 0.244 e. The van der Waals surface area contributed by atoms with Crippen LogP contribution in [0, 0.1) is 0 Å². The van der Waals surface area contributed by atoms with Crippen molar-refractivity contribution in [2.24, 2.45) is 0 Å². The van der Waals surface area contributed by atoms with Gasteiger partial charge in [0.15, 0.2) is 0 Å². The van der Waals surface area contributed by atoms with E-state index in [1.807, 2.05) is 17.3 Å². The van der Waals surface area contributed by atoms with Gasteiger partial charge < -0.3 is 10.2 Å². The maximum atomic E-state index is 12.3. The van der Waals surface area contributed by atoms with Crippen LogP contribution in [-0.2, 0) is 22.6 Å². The average molecular weight is 395 g/mol. The fourth-order valence-electron chi connectivity index (χ4n) is 2.32. The van der Waals surface area contributed by atoms with Gasteiger partial charge in [-0.25, -0.2) is 4.98 Å². The number of aromatic nitrogens is 1. The third-order valence-corrected chi connectivity index (χ3v) is 5.06. The molecule has 2 rings (SSSR count). The zero-order valence-electron chi connectivity index (χ0n) is 15.2. The van der Waals surface area contributed by atoms with Gasteiger partial charge in [-0.1, -0.05) is 30.7 Å². The highest BCUT2D eigenvalue weighted by Crippen LogP contribution is 2.20. The van der Waals surface area contributed by atoms with E-state index in [-0.39, 0.29) is 24.9 Å². The Morgan fingerprint density at radius 2 is 1.96 bits per heavy atom. The fourth-order valence-corrected chi connectivity index (χ4v) is 3.24. The molecule has 26 heavy (non-hydrogen) atoms. The Labute approximate surface area is 162 Å². The summed E-state index contributed by atoms with van der Waals surface area (Å²) in [5.41, 5.74) is 1.49. The number of halogens is 1. The number of amides is 2. The van der Waals surface area contributed by atoms with E-state index >= 15 is 0 Å². The largest absolute Gasteiger partial charge is 0.335 e. The van der Waals surface area contributed by atoms with Crippen molar-refractivity contribution in [1.29, 1.82) is 0 Å². The molecule has 0 aliphatic rings. The molecule has 6 nitrogen and oxygen atoms in total. The van der Waals surface area contributed by atoms with Crippen LogP contribution in [0.5, 0.6) is 0 Å². The number of benzene rings is 1. The smallest absolute Gasteiger partial charge is 0.244 e. The Morgan fingerprint density at radius 3 is 2.62 bits per heavy atom. The van der Waals surface area contributed by atoms with Crippen LogP contribution in [0.25, 0.3) is 0 Å². The van der Waals surface area contributed by atoms with Gasteiger partial charge in [-0.3, -0.25) is 14.5 Å². The fraction of sp³-hybridized carbons (Fsp3) is 0.389. The molecule has 1 N–H and O–H groups in total. The molecule has 0 aliphatic carbocycles.